The lowest BCUT2D eigenvalue weighted by Crippen LogP contribution is -2.34. The molecule has 0 radical (unpaired) electrons. The van der Waals surface area contributed by atoms with Crippen LogP contribution in [0.4, 0.5) is 0 Å². The molecule has 0 spiro atoms. The summed E-state index contributed by atoms with van der Waals surface area (Å²) in [5.41, 5.74) is 8.72. The summed E-state index contributed by atoms with van der Waals surface area (Å²) in [6.07, 6.45) is 4.78. The van der Waals surface area contributed by atoms with Crippen LogP contribution < -0.4 is 5.73 Å². The molecule has 76 valence electrons. The molecule has 0 heterocycles. The van der Waals surface area contributed by atoms with Gasteiger partial charge in [0.2, 0.25) is 0 Å². The number of nitrogens with two attached hydrogens (primary N) is 1. The molecular formula is C13H19N. The highest BCUT2D eigenvalue weighted by Crippen LogP contribution is 2.35. The van der Waals surface area contributed by atoms with E-state index in [1.165, 1.54) is 36.8 Å². The summed E-state index contributed by atoms with van der Waals surface area (Å²) < 4.78 is 0. The molecule has 1 aliphatic rings. The van der Waals surface area contributed by atoms with Crippen molar-refractivity contribution < 1.29 is 0 Å². The van der Waals surface area contributed by atoms with Crippen LogP contribution in [0.1, 0.15) is 43.2 Å². The first-order chi connectivity index (χ1) is 6.79. The largest absolute Gasteiger partial charge is 0.328 e. The maximum atomic E-state index is 5.78. The molecule has 2 N–H and O–H groups in total. The molecular weight excluding hydrogens is 170 g/mol. The fourth-order valence-electron chi connectivity index (χ4n) is 2.18. The van der Waals surface area contributed by atoms with Crippen LogP contribution in [0.15, 0.2) is 24.3 Å². The van der Waals surface area contributed by atoms with Crippen molar-refractivity contribution in [2.24, 2.45) is 5.73 Å². The van der Waals surface area contributed by atoms with Gasteiger partial charge in [-0.2, -0.15) is 0 Å². The second kappa shape index (κ2) is 4.14. The third-order valence-electron chi connectivity index (χ3n) is 3.16. The molecule has 1 nitrogen and oxygen atoms in total. The second-order valence-corrected chi connectivity index (χ2v) is 4.42. The van der Waals surface area contributed by atoms with Gasteiger partial charge in [-0.05, 0) is 36.3 Å². The van der Waals surface area contributed by atoms with Gasteiger partial charge in [0.05, 0.1) is 0 Å². The summed E-state index contributed by atoms with van der Waals surface area (Å²) >= 11 is 0. The minimum Gasteiger partial charge on any atom is -0.328 e. The molecule has 2 rings (SSSR count). The van der Waals surface area contributed by atoms with Gasteiger partial charge in [0.15, 0.2) is 0 Å². The van der Waals surface area contributed by atoms with E-state index in [1.54, 1.807) is 0 Å². The average Bonchev–Trinajstić information content (AvgIpc) is 2.15. The van der Waals surface area contributed by atoms with Gasteiger partial charge in [0.1, 0.15) is 0 Å². The van der Waals surface area contributed by atoms with E-state index in [0.29, 0.717) is 6.04 Å². The highest BCUT2D eigenvalue weighted by Gasteiger charge is 2.26. The first-order valence-electron chi connectivity index (χ1n) is 5.64. The van der Waals surface area contributed by atoms with Gasteiger partial charge in [-0.15, -0.1) is 0 Å². The van der Waals surface area contributed by atoms with E-state index in [2.05, 4.69) is 31.2 Å². The second-order valence-electron chi connectivity index (χ2n) is 4.42. The van der Waals surface area contributed by atoms with Crippen molar-refractivity contribution in [3.05, 3.63) is 35.4 Å². The van der Waals surface area contributed by atoms with Gasteiger partial charge in [-0.25, -0.2) is 0 Å². The smallest absolute Gasteiger partial charge is 0.00504 e. The van der Waals surface area contributed by atoms with E-state index >= 15 is 0 Å². The molecule has 0 unspecified atom stereocenters. The van der Waals surface area contributed by atoms with Gasteiger partial charge in [-0.3, -0.25) is 0 Å². The normalized spacial score (nSPS) is 25.9. The van der Waals surface area contributed by atoms with E-state index in [0.717, 1.165) is 5.92 Å². The standard InChI is InChI=1S/C13H19N/c1-2-3-10-4-6-11(7-5-10)12-8-13(14)9-12/h4-7,12-13H,2-3,8-9,14H2,1H3. The average molecular weight is 189 g/mol. The number of hydrogen-bond acceptors (Lipinski definition) is 1. The lowest BCUT2D eigenvalue weighted by Gasteiger charge is -2.32. The van der Waals surface area contributed by atoms with E-state index in [-0.39, 0.29) is 0 Å². The Labute approximate surface area is 86.3 Å². The quantitative estimate of drug-likeness (QED) is 0.777. The Kier molecular flexibility index (Phi) is 2.87. The molecule has 0 atom stereocenters. The number of rotatable bonds is 3. The Hall–Kier alpha value is -0.820. The topological polar surface area (TPSA) is 26.0 Å². The van der Waals surface area contributed by atoms with Gasteiger partial charge in [0, 0.05) is 6.04 Å². The fraction of sp³-hybridized carbons (Fsp3) is 0.538. The molecule has 0 aromatic heterocycles. The summed E-state index contributed by atoms with van der Waals surface area (Å²) in [5.74, 6) is 0.737. The van der Waals surface area contributed by atoms with Gasteiger partial charge in [0.25, 0.3) is 0 Å². The molecule has 1 fully saturated rings. The van der Waals surface area contributed by atoms with E-state index in [1.807, 2.05) is 0 Å². The van der Waals surface area contributed by atoms with Crippen LogP contribution >= 0.6 is 0 Å². The van der Waals surface area contributed by atoms with E-state index in [9.17, 15) is 0 Å². The maximum absolute atomic E-state index is 5.78. The van der Waals surface area contributed by atoms with E-state index in [4.69, 9.17) is 5.73 Å². The van der Waals surface area contributed by atoms with Crippen LogP contribution in [0.2, 0.25) is 0 Å². The van der Waals surface area contributed by atoms with Crippen LogP contribution in [0.5, 0.6) is 0 Å². The lowest BCUT2D eigenvalue weighted by molar-refractivity contribution is 0.351. The first-order valence-corrected chi connectivity index (χ1v) is 5.64. The third-order valence-corrected chi connectivity index (χ3v) is 3.16. The Morgan fingerprint density at radius 3 is 2.36 bits per heavy atom. The Morgan fingerprint density at radius 2 is 1.86 bits per heavy atom. The van der Waals surface area contributed by atoms with Crippen molar-refractivity contribution in [3.8, 4) is 0 Å². The highest BCUT2D eigenvalue weighted by molar-refractivity contribution is 5.27. The minimum atomic E-state index is 0.454. The van der Waals surface area contributed by atoms with Crippen LogP contribution in [0.3, 0.4) is 0 Å². The third kappa shape index (κ3) is 1.98. The first kappa shape index (κ1) is 9.72. The van der Waals surface area contributed by atoms with Crippen molar-refractivity contribution in [1.29, 1.82) is 0 Å². The molecule has 1 saturated carbocycles. The van der Waals surface area contributed by atoms with Gasteiger partial charge >= 0.3 is 0 Å². The van der Waals surface area contributed by atoms with Gasteiger partial charge in [-0.1, -0.05) is 37.6 Å². The Bertz CT molecular complexity index is 283. The maximum Gasteiger partial charge on any atom is 0.00504 e. The summed E-state index contributed by atoms with van der Waals surface area (Å²) in [5, 5.41) is 0. The van der Waals surface area contributed by atoms with Crippen LogP contribution in [0, 0.1) is 0 Å². The van der Waals surface area contributed by atoms with Gasteiger partial charge < -0.3 is 5.73 Å². The lowest BCUT2D eigenvalue weighted by atomic mass is 9.76. The molecule has 0 aliphatic heterocycles. The summed E-state index contributed by atoms with van der Waals surface area (Å²) in [6, 6.07) is 9.55. The number of hydrogen-bond donors (Lipinski definition) is 1. The zero-order valence-corrected chi connectivity index (χ0v) is 8.87. The summed E-state index contributed by atoms with van der Waals surface area (Å²) in [7, 11) is 0. The minimum absolute atomic E-state index is 0.454. The zero-order chi connectivity index (χ0) is 9.97. The molecule has 1 aliphatic carbocycles. The molecule has 0 amide bonds. The van der Waals surface area contributed by atoms with Crippen LogP contribution in [-0.2, 0) is 6.42 Å². The van der Waals surface area contributed by atoms with Crippen LogP contribution in [0.25, 0.3) is 0 Å². The van der Waals surface area contributed by atoms with Crippen molar-refractivity contribution in [3.63, 3.8) is 0 Å². The molecule has 0 bridgehead atoms. The summed E-state index contributed by atoms with van der Waals surface area (Å²) in [4.78, 5) is 0. The number of aryl methyl sites for hydroxylation is 1. The summed E-state index contributed by atoms with van der Waals surface area (Å²) in [6.45, 7) is 2.22. The zero-order valence-electron chi connectivity index (χ0n) is 8.87. The SMILES string of the molecule is CCCc1ccc(C2CC(N)C2)cc1. The van der Waals surface area contributed by atoms with Crippen molar-refractivity contribution in [1.82, 2.24) is 0 Å². The Morgan fingerprint density at radius 1 is 1.21 bits per heavy atom. The predicted octanol–water partition coefficient (Wildman–Crippen LogP) is 2.84. The molecule has 1 aromatic rings. The van der Waals surface area contributed by atoms with Crippen molar-refractivity contribution in [2.45, 2.75) is 44.6 Å². The van der Waals surface area contributed by atoms with Crippen LogP contribution in [-0.4, -0.2) is 6.04 Å². The van der Waals surface area contributed by atoms with E-state index < -0.39 is 0 Å². The molecule has 1 heteroatoms. The fourth-order valence-corrected chi connectivity index (χ4v) is 2.18. The number of benzene rings is 1. The van der Waals surface area contributed by atoms with Crippen molar-refractivity contribution in [2.75, 3.05) is 0 Å². The monoisotopic (exact) mass is 189 g/mol. The molecule has 0 saturated heterocycles. The molecule has 14 heavy (non-hydrogen) atoms. The Balaban J connectivity index is 1.99. The predicted molar refractivity (Wildman–Crippen MR) is 60.4 cm³/mol. The molecule has 1 aromatic carbocycles. The highest BCUT2D eigenvalue weighted by atomic mass is 14.7. The van der Waals surface area contributed by atoms with Crippen molar-refractivity contribution >= 4 is 0 Å².